The molecule has 7 heteroatoms. The average molecular weight is 373 g/mol. The molecule has 0 radical (unpaired) electrons. The molecule has 0 amide bonds. The third kappa shape index (κ3) is 2.49. The number of benzene rings is 1. The summed E-state index contributed by atoms with van der Waals surface area (Å²) in [5.74, 6) is -1.71. The van der Waals surface area contributed by atoms with E-state index in [1.165, 1.54) is 20.3 Å². The predicted octanol–water partition coefficient (Wildman–Crippen LogP) is 3.40. The van der Waals surface area contributed by atoms with E-state index >= 15 is 8.78 Å². The summed E-state index contributed by atoms with van der Waals surface area (Å²) >= 11 is 0. The highest BCUT2D eigenvalue weighted by molar-refractivity contribution is 5.67. The number of halogens is 2. The zero-order valence-electron chi connectivity index (χ0n) is 15.3. The molecule has 27 heavy (non-hydrogen) atoms. The van der Waals surface area contributed by atoms with E-state index in [4.69, 9.17) is 15.2 Å². The first kappa shape index (κ1) is 17.7. The Balaban J connectivity index is 1.88. The van der Waals surface area contributed by atoms with E-state index in [0.717, 1.165) is 29.7 Å². The third-order valence-corrected chi connectivity index (χ3v) is 5.54. The average Bonchev–Trinajstić information content (AvgIpc) is 3.47. The number of hydrogen-bond donors (Lipinski definition) is 1. The fourth-order valence-corrected chi connectivity index (χ4v) is 3.90. The van der Waals surface area contributed by atoms with Gasteiger partial charge in [-0.25, -0.2) is 8.78 Å². The monoisotopic (exact) mass is 373 g/mol. The molecule has 0 saturated heterocycles. The lowest BCUT2D eigenvalue weighted by Gasteiger charge is -2.39. The van der Waals surface area contributed by atoms with Crippen LogP contribution in [0.1, 0.15) is 29.7 Å². The van der Waals surface area contributed by atoms with Gasteiger partial charge < -0.3 is 20.1 Å². The number of nitrogens with two attached hydrogens (primary N) is 1. The predicted molar refractivity (Wildman–Crippen MR) is 97.8 cm³/mol. The van der Waals surface area contributed by atoms with Crippen molar-refractivity contribution >= 4 is 5.69 Å². The molecule has 0 bridgehead atoms. The van der Waals surface area contributed by atoms with Crippen LogP contribution in [-0.4, -0.2) is 19.2 Å². The van der Waals surface area contributed by atoms with Gasteiger partial charge in [-0.3, -0.25) is 4.98 Å². The van der Waals surface area contributed by atoms with Crippen molar-refractivity contribution in [1.29, 1.82) is 0 Å². The molecule has 0 atom stereocenters. The number of anilines is 1. The molecular weight excluding hydrogens is 352 g/mol. The second-order valence-electron chi connectivity index (χ2n) is 6.91. The molecule has 2 aromatic rings. The summed E-state index contributed by atoms with van der Waals surface area (Å²) in [6, 6.07) is 3.19. The van der Waals surface area contributed by atoms with Gasteiger partial charge in [-0.15, -0.1) is 0 Å². The Kier molecular flexibility index (Phi) is 4.07. The van der Waals surface area contributed by atoms with Gasteiger partial charge in [0, 0.05) is 36.5 Å². The smallest absolute Gasteiger partial charge is 0.191 e. The van der Waals surface area contributed by atoms with Crippen molar-refractivity contribution in [1.82, 2.24) is 4.98 Å². The lowest BCUT2D eigenvalue weighted by molar-refractivity contribution is 0.358. The first-order valence-electron chi connectivity index (χ1n) is 8.72. The maximum Gasteiger partial charge on any atom is 0.191 e. The number of aromatic nitrogens is 1. The van der Waals surface area contributed by atoms with E-state index in [9.17, 15) is 0 Å². The van der Waals surface area contributed by atoms with Crippen molar-refractivity contribution in [3.63, 3.8) is 0 Å². The van der Waals surface area contributed by atoms with Crippen LogP contribution in [0.25, 0.3) is 0 Å². The van der Waals surface area contributed by atoms with Crippen molar-refractivity contribution in [3.8, 4) is 11.5 Å². The second kappa shape index (κ2) is 6.20. The second-order valence-corrected chi connectivity index (χ2v) is 6.91. The van der Waals surface area contributed by atoms with Crippen LogP contribution in [0.15, 0.2) is 30.6 Å². The minimum Gasteiger partial charge on any atom is -0.493 e. The highest BCUT2D eigenvalue weighted by Gasteiger charge is 2.53. The Morgan fingerprint density at radius 2 is 1.81 bits per heavy atom. The van der Waals surface area contributed by atoms with Gasteiger partial charge in [0.15, 0.2) is 23.1 Å². The molecule has 1 aliphatic carbocycles. The van der Waals surface area contributed by atoms with Crippen LogP contribution in [0.4, 0.5) is 14.5 Å². The molecule has 1 fully saturated rings. The summed E-state index contributed by atoms with van der Waals surface area (Å²) in [7, 11) is 2.67. The Labute approximate surface area is 156 Å². The number of rotatable bonds is 4. The summed E-state index contributed by atoms with van der Waals surface area (Å²) in [5, 5.41) is 0. The number of fused-ring (bicyclic) bond motifs is 2. The van der Waals surface area contributed by atoms with Crippen LogP contribution in [0.5, 0.6) is 11.5 Å². The molecule has 1 aromatic heterocycles. The molecule has 1 aliphatic heterocycles. The van der Waals surface area contributed by atoms with Crippen molar-refractivity contribution in [2.75, 3.05) is 19.1 Å². The van der Waals surface area contributed by atoms with Gasteiger partial charge in [0.25, 0.3) is 0 Å². The summed E-state index contributed by atoms with van der Waals surface area (Å²) in [5.41, 5.74) is 8.67. The van der Waals surface area contributed by atoms with Crippen LogP contribution >= 0.6 is 0 Å². The van der Waals surface area contributed by atoms with E-state index < -0.39 is 11.6 Å². The van der Waals surface area contributed by atoms with Crippen molar-refractivity contribution in [2.45, 2.75) is 31.3 Å². The summed E-state index contributed by atoms with van der Waals surface area (Å²) in [6.45, 7) is 4.80. The van der Waals surface area contributed by atoms with Crippen molar-refractivity contribution < 1.29 is 18.3 Å². The SMILES string of the molecule is C=C1N(c2c(F)c(OC)cc(OC)c2F)Cc2cnc(CN)cc2C12CC2. The molecule has 1 spiro atoms. The Morgan fingerprint density at radius 3 is 2.33 bits per heavy atom. The zero-order valence-corrected chi connectivity index (χ0v) is 15.3. The standard InChI is InChI=1S/C20H21F2N3O2/c1-11-20(4-5-20)14-6-13(8-23)24-9-12(14)10-25(11)19-17(21)15(26-2)7-16(27-3)18(19)22/h6-7,9H,1,4-5,8,10,23H2,2-3H3. The maximum absolute atomic E-state index is 15.0. The number of hydrogen-bond acceptors (Lipinski definition) is 5. The van der Waals surface area contributed by atoms with Crippen LogP contribution in [-0.2, 0) is 18.5 Å². The lowest BCUT2D eigenvalue weighted by Crippen LogP contribution is -2.36. The molecule has 142 valence electrons. The lowest BCUT2D eigenvalue weighted by atomic mass is 9.84. The number of nitrogens with zero attached hydrogens (tertiary/aromatic N) is 2. The van der Waals surface area contributed by atoms with Gasteiger partial charge in [-0.05, 0) is 30.0 Å². The van der Waals surface area contributed by atoms with E-state index in [1.807, 2.05) is 6.07 Å². The molecule has 2 N–H and O–H groups in total. The molecule has 0 unspecified atom stereocenters. The third-order valence-electron chi connectivity index (χ3n) is 5.54. The Bertz CT molecular complexity index is 913. The molecular formula is C20H21F2N3O2. The number of allylic oxidation sites excluding steroid dienone is 1. The maximum atomic E-state index is 15.0. The number of ether oxygens (including phenoxy) is 2. The Hall–Kier alpha value is -2.67. The number of pyridine rings is 1. The van der Waals surface area contributed by atoms with Gasteiger partial charge in [-0.2, -0.15) is 0 Å². The van der Waals surface area contributed by atoms with Crippen LogP contribution in [0.2, 0.25) is 0 Å². The van der Waals surface area contributed by atoms with E-state index in [1.54, 1.807) is 11.1 Å². The highest BCUT2D eigenvalue weighted by atomic mass is 19.1. The van der Waals surface area contributed by atoms with Gasteiger partial charge in [0.1, 0.15) is 5.69 Å². The first-order chi connectivity index (χ1) is 13.0. The minimum atomic E-state index is -0.775. The first-order valence-corrected chi connectivity index (χ1v) is 8.72. The van der Waals surface area contributed by atoms with Gasteiger partial charge in [-0.1, -0.05) is 6.58 Å². The summed E-state index contributed by atoms with van der Waals surface area (Å²) in [4.78, 5) is 5.93. The number of methoxy groups -OCH3 is 2. The molecule has 2 aliphatic rings. The molecule has 1 aromatic carbocycles. The highest BCUT2D eigenvalue weighted by Crippen LogP contribution is 2.59. The van der Waals surface area contributed by atoms with Gasteiger partial charge >= 0.3 is 0 Å². The summed E-state index contributed by atoms with van der Waals surface area (Å²) in [6.07, 6.45) is 3.48. The van der Waals surface area contributed by atoms with Gasteiger partial charge in [0.2, 0.25) is 0 Å². The van der Waals surface area contributed by atoms with Crippen LogP contribution in [0.3, 0.4) is 0 Å². The van der Waals surface area contributed by atoms with E-state index in [0.29, 0.717) is 12.2 Å². The topological polar surface area (TPSA) is 60.6 Å². The molecule has 5 nitrogen and oxygen atoms in total. The largest absolute Gasteiger partial charge is 0.493 e. The normalized spacial score (nSPS) is 17.1. The molecule has 2 heterocycles. The quantitative estimate of drug-likeness (QED) is 0.890. The summed E-state index contributed by atoms with van der Waals surface area (Å²) < 4.78 is 40.2. The fourth-order valence-electron chi connectivity index (χ4n) is 3.90. The fraction of sp³-hybridized carbons (Fsp3) is 0.350. The van der Waals surface area contributed by atoms with Crippen molar-refractivity contribution in [2.24, 2.45) is 5.73 Å². The van der Waals surface area contributed by atoms with Crippen molar-refractivity contribution in [3.05, 3.63) is 59.1 Å². The van der Waals surface area contributed by atoms with E-state index in [2.05, 4.69) is 11.6 Å². The van der Waals surface area contributed by atoms with Gasteiger partial charge in [0.05, 0.1) is 19.9 Å². The van der Waals surface area contributed by atoms with Crippen LogP contribution < -0.4 is 20.1 Å². The zero-order chi connectivity index (χ0) is 19.3. The minimum absolute atomic E-state index is 0.0803. The molecule has 4 rings (SSSR count). The van der Waals surface area contributed by atoms with Crippen LogP contribution in [0, 0.1) is 11.6 Å². The van der Waals surface area contributed by atoms with E-state index in [-0.39, 0.29) is 29.1 Å². The Morgan fingerprint density at radius 1 is 1.19 bits per heavy atom. The molecule has 1 saturated carbocycles.